The normalized spacial score (nSPS) is 15.6. The number of carbonyl (C=O) groups excluding carboxylic acids is 2. The van der Waals surface area contributed by atoms with Crippen LogP contribution in [0.3, 0.4) is 0 Å². The second kappa shape index (κ2) is 9.70. The first-order valence-electron chi connectivity index (χ1n) is 11.4. The zero-order valence-corrected chi connectivity index (χ0v) is 18.7. The van der Waals surface area contributed by atoms with Crippen molar-refractivity contribution in [1.29, 1.82) is 0 Å². The van der Waals surface area contributed by atoms with Crippen LogP contribution in [0.25, 0.3) is 16.9 Å². The molecule has 1 fully saturated rings. The van der Waals surface area contributed by atoms with Gasteiger partial charge in [0.1, 0.15) is 5.69 Å². The predicted molar refractivity (Wildman–Crippen MR) is 130 cm³/mol. The molecule has 1 aliphatic heterocycles. The van der Waals surface area contributed by atoms with Crippen LogP contribution in [0.1, 0.15) is 23.2 Å². The van der Waals surface area contributed by atoms with Crippen LogP contribution in [-0.2, 0) is 4.79 Å². The molecule has 1 atom stereocenters. The minimum Gasteiger partial charge on any atom is -0.338 e. The van der Waals surface area contributed by atoms with Crippen molar-refractivity contribution < 1.29 is 9.59 Å². The van der Waals surface area contributed by atoms with Crippen LogP contribution >= 0.6 is 0 Å². The number of pyridine rings is 1. The van der Waals surface area contributed by atoms with E-state index in [4.69, 9.17) is 5.10 Å². The van der Waals surface area contributed by atoms with E-state index in [0.717, 1.165) is 29.8 Å². The number of hydrogen-bond acceptors (Lipinski definition) is 4. The van der Waals surface area contributed by atoms with E-state index in [2.05, 4.69) is 10.3 Å². The molecule has 2 amide bonds. The summed E-state index contributed by atoms with van der Waals surface area (Å²) in [6.07, 6.45) is 6.70. The third kappa shape index (κ3) is 4.59. The molecule has 2 aromatic heterocycles. The number of benzene rings is 2. The molecule has 5 rings (SSSR count). The quantitative estimate of drug-likeness (QED) is 0.487. The Morgan fingerprint density at radius 1 is 0.941 bits per heavy atom. The Balaban J connectivity index is 1.41. The topological polar surface area (TPSA) is 80.1 Å². The molecular weight excluding hydrogens is 426 g/mol. The van der Waals surface area contributed by atoms with Gasteiger partial charge in [-0.1, -0.05) is 36.4 Å². The molecule has 1 unspecified atom stereocenters. The Morgan fingerprint density at radius 2 is 1.71 bits per heavy atom. The lowest BCUT2D eigenvalue weighted by molar-refractivity contribution is -0.121. The molecule has 1 saturated heterocycles. The number of nitrogens with zero attached hydrogens (tertiary/aromatic N) is 4. The molecule has 4 aromatic rings. The molecule has 0 spiro atoms. The molecule has 7 heteroatoms. The molecule has 1 aliphatic rings. The van der Waals surface area contributed by atoms with E-state index in [0.29, 0.717) is 24.3 Å². The van der Waals surface area contributed by atoms with Crippen LogP contribution < -0.4 is 5.32 Å². The molecule has 34 heavy (non-hydrogen) atoms. The molecular formula is C27H25N5O2. The van der Waals surface area contributed by atoms with Gasteiger partial charge in [-0.2, -0.15) is 5.10 Å². The zero-order valence-electron chi connectivity index (χ0n) is 18.7. The van der Waals surface area contributed by atoms with Gasteiger partial charge in [-0.25, -0.2) is 4.68 Å². The molecule has 0 bridgehead atoms. The second-order valence-corrected chi connectivity index (χ2v) is 8.36. The summed E-state index contributed by atoms with van der Waals surface area (Å²) >= 11 is 0. The van der Waals surface area contributed by atoms with E-state index in [1.165, 1.54) is 0 Å². The van der Waals surface area contributed by atoms with Crippen molar-refractivity contribution in [2.75, 3.05) is 18.4 Å². The highest BCUT2D eigenvalue weighted by Gasteiger charge is 2.31. The van der Waals surface area contributed by atoms with Crippen molar-refractivity contribution in [1.82, 2.24) is 19.7 Å². The Morgan fingerprint density at radius 3 is 2.44 bits per heavy atom. The summed E-state index contributed by atoms with van der Waals surface area (Å²) in [4.78, 5) is 32.5. The molecule has 170 valence electrons. The van der Waals surface area contributed by atoms with Gasteiger partial charge < -0.3 is 10.2 Å². The van der Waals surface area contributed by atoms with Gasteiger partial charge in [0.15, 0.2) is 0 Å². The maximum Gasteiger partial charge on any atom is 0.257 e. The summed E-state index contributed by atoms with van der Waals surface area (Å²) in [5, 5.41) is 7.70. The Hall–Kier alpha value is -4.26. The summed E-state index contributed by atoms with van der Waals surface area (Å²) in [6, 6.07) is 22.8. The van der Waals surface area contributed by atoms with E-state index in [1.54, 1.807) is 28.2 Å². The molecule has 0 aliphatic carbocycles. The first-order valence-corrected chi connectivity index (χ1v) is 11.4. The maximum absolute atomic E-state index is 13.7. The molecule has 3 heterocycles. The SMILES string of the molecule is O=C(Nc1ccccc1)C1CCCN(C(=O)c2cn(-c3ccccc3)nc2-c2cccnc2)C1. The van der Waals surface area contributed by atoms with Gasteiger partial charge >= 0.3 is 0 Å². The minimum absolute atomic E-state index is 0.0591. The van der Waals surface area contributed by atoms with Gasteiger partial charge in [0.2, 0.25) is 5.91 Å². The minimum atomic E-state index is -0.260. The van der Waals surface area contributed by atoms with E-state index in [9.17, 15) is 9.59 Å². The van der Waals surface area contributed by atoms with Crippen LogP contribution in [-0.4, -0.2) is 44.6 Å². The summed E-state index contributed by atoms with van der Waals surface area (Å²) in [5.74, 6) is -0.446. The van der Waals surface area contributed by atoms with Crippen LogP contribution in [0, 0.1) is 5.92 Å². The van der Waals surface area contributed by atoms with E-state index < -0.39 is 0 Å². The monoisotopic (exact) mass is 451 g/mol. The summed E-state index contributed by atoms with van der Waals surface area (Å²) in [7, 11) is 0. The van der Waals surface area contributed by atoms with Crippen molar-refractivity contribution in [2.24, 2.45) is 5.92 Å². The van der Waals surface area contributed by atoms with Gasteiger partial charge in [0.25, 0.3) is 5.91 Å². The standard InChI is InChI=1S/C27H25N5O2/c33-26(29-22-11-3-1-4-12-22)21-10-8-16-31(18-21)27(34)24-19-32(23-13-5-2-6-14-23)30-25(24)20-9-7-15-28-17-20/h1-7,9,11-15,17,19,21H,8,10,16,18H2,(H,29,33). The number of amides is 2. The largest absolute Gasteiger partial charge is 0.338 e. The lowest BCUT2D eigenvalue weighted by Gasteiger charge is -2.32. The maximum atomic E-state index is 13.7. The number of hydrogen-bond donors (Lipinski definition) is 1. The summed E-state index contributed by atoms with van der Waals surface area (Å²) in [5.41, 5.74) is 3.49. The average Bonchev–Trinajstić information content (AvgIpc) is 3.35. The third-order valence-electron chi connectivity index (χ3n) is 6.02. The predicted octanol–water partition coefficient (Wildman–Crippen LogP) is 4.43. The average molecular weight is 452 g/mol. The van der Waals surface area contributed by atoms with Crippen molar-refractivity contribution in [3.8, 4) is 16.9 Å². The van der Waals surface area contributed by atoms with Crippen molar-refractivity contribution in [3.05, 3.63) is 97.0 Å². The number of anilines is 1. The number of rotatable bonds is 5. The Labute approximate surface area is 198 Å². The van der Waals surface area contributed by atoms with Gasteiger partial charge in [-0.15, -0.1) is 0 Å². The van der Waals surface area contributed by atoms with Gasteiger partial charge in [0, 0.05) is 42.9 Å². The van der Waals surface area contributed by atoms with Gasteiger partial charge in [-0.3, -0.25) is 14.6 Å². The molecule has 2 aromatic carbocycles. The number of aromatic nitrogens is 3. The molecule has 0 radical (unpaired) electrons. The second-order valence-electron chi connectivity index (χ2n) is 8.36. The van der Waals surface area contributed by atoms with Crippen LogP contribution in [0.4, 0.5) is 5.69 Å². The fourth-order valence-electron chi connectivity index (χ4n) is 4.27. The van der Waals surface area contributed by atoms with Crippen molar-refractivity contribution >= 4 is 17.5 Å². The van der Waals surface area contributed by atoms with E-state index >= 15 is 0 Å². The van der Waals surface area contributed by atoms with Gasteiger partial charge in [-0.05, 0) is 49.2 Å². The number of para-hydroxylation sites is 2. The van der Waals surface area contributed by atoms with Crippen LogP contribution in [0.2, 0.25) is 0 Å². The lowest BCUT2D eigenvalue weighted by Crippen LogP contribution is -2.43. The first-order chi connectivity index (χ1) is 16.7. The third-order valence-corrected chi connectivity index (χ3v) is 6.02. The number of likely N-dealkylation sites (tertiary alicyclic amines) is 1. The smallest absolute Gasteiger partial charge is 0.257 e. The van der Waals surface area contributed by atoms with Crippen LogP contribution in [0.15, 0.2) is 91.4 Å². The lowest BCUT2D eigenvalue weighted by atomic mass is 9.96. The van der Waals surface area contributed by atoms with Gasteiger partial charge in [0.05, 0.1) is 17.2 Å². The van der Waals surface area contributed by atoms with E-state index in [1.807, 2.05) is 72.8 Å². The Kier molecular flexibility index (Phi) is 6.16. The highest BCUT2D eigenvalue weighted by Crippen LogP contribution is 2.27. The van der Waals surface area contributed by atoms with Crippen LogP contribution in [0.5, 0.6) is 0 Å². The highest BCUT2D eigenvalue weighted by atomic mass is 16.2. The van der Waals surface area contributed by atoms with Crippen molar-refractivity contribution in [2.45, 2.75) is 12.8 Å². The number of nitrogens with one attached hydrogen (secondary N) is 1. The van der Waals surface area contributed by atoms with E-state index in [-0.39, 0.29) is 17.7 Å². The fraction of sp³-hybridized carbons (Fsp3) is 0.185. The Bertz CT molecular complexity index is 1270. The number of carbonyl (C=O) groups is 2. The highest BCUT2D eigenvalue weighted by molar-refractivity contribution is 6.00. The molecule has 1 N–H and O–H groups in total. The number of piperidine rings is 1. The molecule has 7 nitrogen and oxygen atoms in total. The summed E-state index contributed by atoms with van der Waals surface area (Å²) in [6.45, 7) is 0.984. The first kappa shape index (κ1) is 21.6. The van der Waals surface area contributed by atoms with Crippen molar-refractivity contribution in [3.63, 3.8) is 0 Å². The molecule has 0 saturated carbocycles. The fourth-order valence-corrected chi connectivity index (χ4v) is 4.27. The summed E-state index contributed by atoms with van der Waals surface area (Å²) < 4.78 is 1.72. The zero-order chi connectivity index (χ0) is 23.3.